The number of nitrogens with one attached hydrogen (secondary N) is 1. The Morgan fingerprint density at radius 3 is 2.40 bits per heavy atom. The largest absolute Gasteiger partial charge is 0.352 e. The maximum Gasteiger partial charge on any atom is 0.242 e. The van der Waals surface area contributed by atoms with Gasteiger partial charge in [-0.3, -0.25) is 9.59 Å². The maximum absolute atomic E-state index is 14.2. The zero-order chi connectivity index (χ0) is 22.1. The van der Waals surface area contributed by atoms with Crippen LogP contribution in [-0.2, 0) is 16.1 Å². The first-order valence-electron chi connectivity index (χ1n) is 10.3. The predicted molar refractivity (Wildman–Crippen MR) is 121 cm³/mol. The molecule has 0 spiro atoms. The molecule has 0 heterocycles. The van der Waals surface area contributed by atoms with Crippen LogP contribution in [0.3, 0.4) is 0 Å². The number of nitrogens with zero attached hydrogens (tertiary/aromatic N) is 1. The smallest absolute Gasteiger partial charge is 0.242 e. The van der Waals surface area contributed by atoms with E-state index in [0.29, 0.717) is 11.3 Å². The SMILES string of the molecule is CC[C@@H](C)NC(=O)[C@H](C)N(Cc1ccccc1F)C(=O)CCSc1ccc(C)cc1. The lowest BCUT2D eigenvalue weighted by Gasteiger charge is -2.30. The van der Waals surface area contributed by atoms with Crippen LogP contribution in [-0.4, -0.2) is 34.6 Å². The van der Waals surface area contributed by atoms with Gasteiger partial charge in [0, 0.05) is 35.2 Å². The van der Waals surface area contributed by atoms with Crippen LogP contribution in [0.15, 0.2) is 53.4 Å². The van der Waals surface area contributed by atoms with Crippen molar-refractivity contribution in [1.29, 1.82) is 0 Å². The lowest BCUT2D eigenvalue weighted by molar-refractivity contribution is -0.140. The number of rotatable bonds is 10. The molecule has 2 aromatic carbocycles. The normalized spacial score (nSPS) is 12.8. The van der Waals surface area contributed by atoms with Crippen molar-refractivity contribution in [2.45, 2.75) is 64.1 Å². The third-order valence-electron chi connectivity index (χ3n) is 5.07. The van der Waals surface area contributed by atoms with E-state index in [0.717, 1.165) is 11.3 Å². The average molecular weight is 431 g/mol. The molecule has 4 nitrogen and oxygen atoms in total. The Morgan fingerprint density at radius 2 is 1.77 bits per heavy atom. The summed E-state index contributed by atoms with van der Waals surface area (Å²) in [7, 11) is 0. The predicted octanol–water partition coefficient (Wildman–Crippen LogP) is 4.95. The Morgan fingerprint density at radius 1 is 1.10 bits per heavy atom. The molecule has 0 aliphatic rings. The first-order chi connectivity index (χ1) is 14.3. The van der Waals surface area contributed by atoms with E-state index in [4.69, 9.17) is 0 Å². The fourth-order valence-electron chi connectivity index (χ4n) is 2.89. The number of hydrogen-bond donors (Lipinski definition) is 1. The summed E-state index contributed by atoms with van der Waals surface area (Å²) >= 11 is 1.60. The Bertz CT molecular complexity index is 841. The van der Waals surface area contributed by atoms with E-state index >= 15 is 0 Å². The second-order valence-corrected chi connectivity index (χ2v) is 8.69. The molecular weight excluding hydrogens is 399 g/mol. The first-order valence-corrected chi connectivity index (χ1v) is 11.3. The fraction of sp³-hybridized carbons (Fsp3) is 0.417. The van der Waals surface area contributed by atoms with Crippen LogP contribution in [0.5, 0.6) is 0 Å². The van der Waals surface area contributed by atoms with Crippen molar-refractivity contribution in [3.05, 3.63) is 65.5 Å². The van der Waals surface area contributed by atoms with E-state index in [1.54, 1.807) is 36.9 Å². The molecule has 162 valence electrons. The minimum Gasteiger partial charge on any atom is -0.352 e. The van der Waals surface area contributed by atoms with Crippen molar-refractivity contribution in [3.8, 4) is 0 Å². The van der Waals surface area contributed by atoms with E-state index in [2.05, 4.69) is 5.32 Å². The third kappa shape index (κ3) is 7.17. The average Bonchev–Trinajstić information content (AvgIpc) is 2.73. The zero-order valence-corrected chi connectivity index (χ0v) is 19.0. The van der Waals surface area contributed by atoms with Gasteiger partial charge in [0.15, 0.2) is 0 Å². The summed E-state index contributed by atoms with van der Waals surface area (Å²) in [6, 6.07) is 13.8. The molecule has 2 amide bonds. The topological polar surface area (TPSA) is 49.4 Å². The van der Waals surface area contributed by atoms with Gasteiger partial charge >= 0.3 is 0 Å². The van der Waals surface area contributed by atoms with E-state index in [9.17, 15) is 14.0 Å². The van der Waals surface area contributed by atoms with Crippen molar-refractivity contribution in [2.75, 3.05) is 5.75 Å². The molecule has 0 saturated carbocycles. The number of halogens is 1. The van der Waals surface area contributed by atoms with Gasteiger partial charge in [0.25, 0.3) is 0 Å². The summed E-state index contributed by atoms with van der Waals surface area (Å²) in [5.74, 6) is -0.168. The molecule has 2 atom stereocenters. The van der Waals surface area contributed by atoms with Crippen LogP contribution in [0, 0.1) is 12.7 Å². The Kier molecular flexibility index (Phi) is 9.37. The molecule has 6 heteroatoms. The van der Waals surface area contributed by atoms with Crippen LogP contribution >= 0.6 is 11.8 Å². The van der Waals surface area contributed by atoms with Gasteiger partial charge in [-0.05, 0) is 45.4 Å². The van der Waals surface area contributed by atoms with Crippen LogP contribution in [0.2, 0.25) is 0 Å². The van der Waals surface area contributed by atoms with E-state index in [-0.39, 0.29) is 36.6 Å². The van der Waals surface area contributed by atoms with Crippen molar-refractivity contribution < 1.29 is 14.0 Å². The molecular formula is C24H31FN2O2S. The molecule has 2 rings (SSSR count). The highest BCUT2D eigenvalue weighted by Crippen LogP contribution is 2.21. The number of benzene rings is 2. The van der Waals surface area contributed by atoms with Gasteiger partial charge in [0.2, 0.25) is 11.8 Å². The molecule has 1 N–H and O–H groups in total. The minimum atomic E-state index is -0.685. The number of aryl methyl sites for hydroxylation is 1. The molecule has 0 unspecified atom stereocenters. The van der Waals surface area contributed by atoms with Gasteiger partial charge in [0.1, 0.15) is 11.9 Å². The monoisotopic (exact) mass is 430 g/mol. The standard InChI is InChI=1S/C24H31FN2O2S/c1-5-18(3)26-24(29)19(4)27(16-20-8-6-7-9-22(20)25)23(28)14-15-30-21-12-10-17(2)11-13-21/h6-13,18-19H,5,14-16H2,1-4H3,(H,26,29)/t18-,19+/m1/s1. The van der Waals surface area contributed by atoms with Gasteiger partial charge < -0.3 is 10.2 Å². The highest BCUT2D eigenvalue weighted by atomic mass is 32.2. The Labute approximate surface area is 183 Å². The van der Waals surface area contributed by atoms with Gasteiger partial charge in [-0.25, -0.2) is 4.39 Å². The van der Waals surface area contributed by atoms with Crippen LogP contribution in [0.1, 0.15) is 44.7 Å². The lowest BCUT2D eigenvalue weighted by Crippen LogP contribution is -2.49. The molecule has 0 bridgehead atoms. The zero-order valence-electron chi connectivity index (χ0n) is 18.2. The highest BCUT2D eigenvalue weighted by molar-refractivity contribution is 7.99. The minimum absolute atomic E-state index is 0.0162. The van der Waals surface area contributed by atoms with Crippen molar-refractivity contribution >= 4 is 23.6 Å². The van der Waals surface area contributed by atoms with Crippen molar-refractivity contribution in [2.24, 2.45) is 0 Å². The first kappa shape index (κ1) is 23.9. The third-order valence-corrected chi connectivity index (χ3v) is 6.09. The van der Waals surface area contributed by atoms with Crippen LogP contribution in [0.4, 0.5) is 4.39 Å². The second-order valence-electron chi connectivity index (χ2n) is 7.52. The van der Waals surface area contributed by atoms with E-state index in [1.165, 1.54) is 16.5 Å². The van der Waals surface area contributed by atoms with Gasteiger partial charge in [-0.1, -0.05) is 42.8 Å². The molecule has 0 aromatic heterocycles. The fourth-order valence-corrected chi connectivity index (χ4v) is 3.73. The highest BCUT2D eigenvalue weighted by Gasteiger charge is 2.27. The molecule has 0 aliphatic carbocycles. The van der Waals surface area contributed by atoms with Gasteiger partial charge in [0.05, 0.1) is 0 Å². The molecule has 2 aromatic rings. The van der Waals surface area contributed by atoms with Gasteiger partial charge in [-0.2, -0.15) is 0 Å². The summed E-state index contributed by atoms with van der Waals surface area (Å²) in [6.45, 7) is 7.70. The second kappa shape index (κ2) is 11.7. The number of carbonyl (C=O) groups is 2. The summed E-state index contributed by atoms with van der Waals surface area (Å²) < 4.78 is 14.2. The maximum atomic E-state index is 14.2. The number of hydrogen-bond acceptors (Lipinski definition) is 3. The quantitative estimate of drug-likeness (QED) is 0.543. The van der Waals surface area contributed by atoms with E-state index in [1.807, 2.05) is 45.0 Å². The van der Waals surface area contributed by atoms with Gasteiger partial charge in [-0.15, -0.1) is 11.8 Å². The molecule has 0 aliphatic heterocycles. The number of amides is 2. The number of thioether (sulfide) groups is 1. The summed E-state index contributed by atoms with van der Waals surface area (Å²) in [5.41, 5.74) is 1.59. The molecule has 0 radical (unpaired) electrons. The molecule has 0 saturated heterocycles. The van der Waals surface area contributed by atoms with Crippen LogP contribution in [0.25, 0.3) is 0 Å². The van der Waals surface area contributed by atoms with Crippen molar-refractivity contribution in [1.82, 2.24) is 10.2 Å². The Balaban J connectivity index is 2.08. The van der Waals surface area contributed by atoms with Crippen molar-refractivity contribution in [3.63, 3.8) is 0 Å². The van der Waals surface area contributed by atoms with Crippen LogP contribution < -0.4 is 5.32 Å². The summed E-state index contributed by atoms with van der Waals surface area (Å²) in [6.07, 6.45) is 1.07. The summed E-state index contributed by atoms with van der Waals surface area (Å²) in [5, 5.41) is 2.92. The molecule has 30 heavy (non-hydrogen) atoms. The lowest BCUT2D eigenvalue weighted by atomic mass is 10.1. The molecule has 0 fully saturated rings. The summed E-state index contributed by atoms with van der Waals surface area (Å²) in [4.78, 5) is 28.2. The number of carbonyl (C=O) groups excluding carboxylic acids is 2. The van der Waals surface area contributed by atoms with E-state index < -0.39 is 6.04 Å². The Hall–Kier alpha value is -2.34.